The highest BCUT2D eigenvalue weighted by atomic mass is 32.2. The molecule has 4 atom stereocenters. The number of thioether (sulfide) groups is 1. The second-order valence-electron chi connectivity index (χ2n) is 6.42. The van der Waals surface area contributed by atoms with Gasteiger partial charge in [0.15, 0.2) is 0 Å². The van der Waals surface area contributed by atoms with Crippen LogP contribution in [0, 0.1) is 22.0 Å². The van der Waals surface area contributed by atoms with E-state index >= 15 is 0 Å². The first kappa shape index (κ1) is 16.3. The van der Waals surface area contributed by atoms with Crippen LogP contribution in [0.4, 0.5) is 5.69 Å². The average Bonchev–Trinajstić information content (AvgIpc) is 3.09. The number of benzene rings is 1. The number of hydrogen-bond acceptors (Lipinski definition) is 5. The Kier molecular flexibility index (Phi) is 4.59. The zero-order valence-electron chi connectivity index (χ0n) is 13.1. The van der Waals surface area contributed by atoms with Gasteiger partial charge >= 0.3 is 0 Å². The van der Waals surface area contributed by atoms with E-state index in [2.05, 4.69) is 0 Å². The topological polar surface area (TPSA) is 89.5 Å². The van der Waals surface area contributed by atoms with Gasteiger partial charge < -0.3 is 10.6 Å². The lowest BCUT2D eigenvalue weighted by Crippen LogP contribution is -2.37. The van der Waals surface area contributed by atoms with Crippen molar-refractivity contribution in [1.82, 2.24) is 4.90 Å². The molecule has 1 aromatic carbocycles. The third kappa shape index (κ3) is 3.35. The van der Waals surface area contributed by atoms with Gasteiger partial charge in [-0.05, 0) is 43.7 Å². The summed E-state index contributed by atoms with van der Waals surface area (Å²) in [5.74, 6) is 1.15. The molecule has 7 heteroatoms. The summed E-state index contributed by atoms with van der Waals surface area (Å²) in [6.07, 6.45) is 2.20. The van der Waals surface area contributed by atoms with E-state index in [0.717, 1.165) is 30.8 Å². The van der Waals surface area contributed by atoms with Gasteiger partial charge in [0.25, 0.3) is 5.69 Å². The van der Waals surface area contributed by atoms with E-state index in [1.807, 2.05) is 11.8 Å². The predicted molar refractivity (Wildman–Crippen MR) is 89.2 cm³/mol. The van der Waals surface area contributed by atoms with Gasteiger partial charge in [-0.1, -0.05) is 0 Å². The van der Waals surface area contributed by atoms with Crippen molar-refractivity contribution in [2.45, 2.75) is 36.0 Å². The molecule has 124 valence electrons. The van der Waals surface area contributed by atoms with Crippen molar-refractivity contribution < 1.29 is 9.72 Å². The summed E-state index contributed by atoms with van der Waals surface area (Å²) >= 11 is 1.44. The van der Waals surface area contributed by atoms with Crippen molar-refractivity contribution in [2.75, 3.05) is 13.1 Å². The molecule has 2 fully saturated rings. The highest BCUT2D eigenvalue weighted by Crippen LogP contribution is 2.38. The first-order chi connectivity index (χ1) is 11.0. The summed E-state index contributed by atoms with van der Waals surface area (Å²) < 4.78 is 0. The molecule has 2 aliphatic rings. The molecular formula is C16H21N3O3S. The minimum Gasteiger partial charge on any atom is -0.341 e. The Hall–Kier alpha value is -1.60. The predicted octanol–water partition coefficient (Wildman–Crippen LogP) is 2.27. The molecule has 4 unspecified atom stereocenters. The van der Waals surface area contributed by atoms with E-state index in [9.17, 15) is 14.9 Å². The lowest BCUT2D eigenvalue weighted by molar-refractivity contribution is -0.384. The number of nitro benzene ring substituents is 1. The van der Waals surface area contributed by atoms with Crippen LogP contribution in [0.25, 0.3) is 0 Å². The Bertz CT molecular complexity index is 607. The van der Waals surface area contributed by atoms with Crippen molar-refractivity contribution in [3.8, 4) is 0 Å². The van der Waals surface area contributed by atoms with Crippen molar-refractivity contribution in [2.24, 2.45) is 17.6 Å². The quantitative estimate of drug-likeness (QED) is 0.518. The van der Waals surface area contributed by atoms with Gasteiger partial charge in [-0.15, -0.1) is 11.8 Å². The molecular weight excluding hydrogens is 314 g/mol. The molecule has 0 spiro atoms. The van der Waals surface area contributed by atoms with E-state index in [4.69, 9.17) is 5.73 Å². The molecule has 0 aromatic heterocycles. The molecule has 3 rings (SSSR count). The summed E-state index contributed by atoms with van der Waals surface area (Å²) in [5, 5.41) is 10.5. The maximum Gasteiger partial charge on any atom is 0.269 e. The largest absolute Gasteiger partial charge is 0.341 e. The van der Waals surface area contributed by atoms with Crippen LogP contribution in [-0.2, 0) is 4.79 Å². The average molecular weight is 335 g/mol. The van der Waals surface area contributed by atoms with Gasteiger partial charge in [0.05, 0.1) is 10.2 Å². The van der Waals surface area contributed by atoms with Crippen LogP contribution in [0.2, 0.25) is 0 Å². The van der Waals surface area contributed by atoms with E-state index < -0.39 is 4.92 Å². The van der Waals surface area contributed by atoms with Gasteiger partial charge in [0.2, 0.25) is 5.91 Å². The minimum absolute atomic E-state index is 0.0645. The Morgan fingerprint density at radius 2 is 2.04 bits per heavy atom. The monoisotopic (exact) mass is 335 g/mol. The number of nitro groups is 1. The lowest BCUT2D eigenvalue weighted by Gasteiger charge is -2.22. The zero-order valence-corrected chi connectivity index (χ0v) is 13.9. The standard InChI is InChI=1S/C16H21N3O3S/c1-10(23-13-5-3-12(4-6-13)19(21)22)16(20)18-8-11-2-7-15(17)14(11)9-18/h3-6,10-11,14-15H,2,7-9,17H2,1H3. The number of non-ortho nitro benzene ring substituents is 1. The lowest BCUT2D eigenvalue weighted by atomic mass is 9.98. The second kappa shape index (κ2) is 6.49. The highest BCUT2D eigenvalue weighted by molar-refractivity contribution is 8.00. The van der Waals surface area contributed by atoms with Crippen molar-refractivity contribution in [1.29, 1.82) is 0 Å². The number of fused-ring (bicyclic) bond motifs is 1. The summed E-state index contributed by atoms with van der Waals surface area (Å²) in [6, 6.07) is 6.57. The van der Waals surface area contributed by atoms with Crippen LogP contribution < -0.4 is 5.73 Å². The van der Waals surface area contributed by atoms with Gasteiger partial charge in [0.1, 0.15) is 0 Å². The number of nitrogens with zero attached hydrogens (tertiary/aromatic N) is 2. The van der Waals surface area contributed by atoms with E-state index in [1.54, 1.807) is 12.1 Å². The molecule has 0 radical (unpaired) electrons. The van der Waals surface area contributed by atoms with Gasteiger partial charge in [-0.3, -0.25) is 14.9 Å². The van der Waals surface area contributed by atoms with Crippen LogP contribution >= 0.6 is 11.8 Å². The van der Waals surface area contributed by atoms with Crippen molar-refractivity contribution >= 4 is 23.4 Å². The van der Waals surface area contributed by atoms with Crippen molar-refractivity contribution in [3.05, 3.63) is 34.4 Å². The fraction of sp³-hybridized carbons (Fsp3) is 0.562. The summed E-state index contributed by atoms with van der Waals surface area (Å²) in [6.45, 7) is 3.49. The molecule has 0 bridgehead atoms. The SMILES string of the molecule is CC(Sc1ccc([N+](=O)[O-])cc1)C(=O)N1CC2CCC(N)C2C1. The maximum atomic E-state index is 12.6. The smallest absolute Gasteiger partial charge is 0.269 e. The third-order valence-corrected chi connectivity index (χ3v) is 6.03. The van der Waals surface area contributed by atoms with Gasteiger partial charge in [-0.25, -0.2) is 0 Å². The molecule has 1 amide bonds. The third-order valence-electron chi connectivity index (χ3n) is 4.93. The highest BCUT2D eigenvalue weighted by Gasteiger charge is 2.43. The normalized spacial score (nSPS) is 27.7. The number of carbonyl (C=O) groups is 1. The number of rotatable bonds is 4. The van der Waals surface area contributed by atoms with Crippen LogP contribution in [0.5, 0.6) is 0 Å². The molecule has 1 aromatic rings. The summed E-state index contributed by atoms with van der Waals surface area (Å²) in [7, 11) is 0. The molecule has 1 heterocycles. The summed E-state index contributed by atoms with van der Waals surface area (Å²) in [4.78, 5) is 25.7. The first-order valence-electron chi connectivity index (χ1n) is 7.91. The Balaban J connectivity index is 1.59. The second-order valence-corrected chi connectivity index (χ2v) is 7.83. The summed E-state index contributed by atoms with van der Waals surface area (Å²) in [5.41, 5.74) is 6.19. The fourth-order valence-corrected chi connectivity index (χ4v) is 4.60. The Morgan fingerprint density at radius 1 is 1.35 bits per heavy atom. The number of carbonyl (C=O) groups excluding carboxylic acids is 1. The zero-order chi connectivity index (χ0) is 16.6. The van der Waals surface area contributed by atoms with Crippen LogP contribution in [0.1, 0.15) is 19.8 Å². The Morgan fingerprint density at radius 3 is 2.65 bits per heavy atom. The Labute approximate surface area is 139 Å². The first-order valence-corrected chi connectivity index (χ1v) is 8.79. The van der Waals surface area contributed by atoms with E-state index in [0.29, 0.717) is 11.8 Å². The molecule has 6 nitrogen and oxygen atoms in total. The molecule has 1 aliphatic carbocycles. The van der Waals surface area contributed by atoms with E-state index in [-0.39, 0.29) is 22.9 Å². The van der Waals surface area contributed by atoms with Crippen LogP contribution in [0.3, 0.4) is 0 Å². The van der Waals surface area contributed by atoms with E-state index in [1.165, 1.54) is 23.9 Å². The number of likely N-dealkylation sites (tertiary alicyclic amines) is 1. The fourth-order valence-electron chi connectivity index (χ4n) is 3.65. The number of nitrogens with two attached hydrogens (primary N) is 1. The van der Waals surface area contributed by atoms with Crippen LogP contribution in [0.15, 0.2) is 29.2 Å². The van der Waals surface area contributed by atoms with Gasteiger partial charge in [-0.2, -0.15) is 0 Å². The maximum absolute atomic E-state index is 12.6. The number of hydrogen-bond donors (Lipinski definition) is 1. The molecule has 2 N–H and O–H groups in total. The molecule has 1 saturated carbocycles. The molecule has 23 heavy (non-hydrogen) atoms. The minimum atomic E-state index is -0.421. The van der Waals surface area contributed by atoms with Gasteiger partial charge in [0, 0.05) is 36.2 Å². The molecule has 1 saturated heterocycles. The van der Waals surface area contributed by atoms with Crippen molar-refractivity contribution in [3.63, 3.8) is 0 Å². The molecule has 1 aliphatic heterocycles. The van der Waals surface area contributed by atoms with Crippen LogP contribution in [-0.4, -0.2) is 40.1 Å². The number of amides is 1.